The molecule has 170 valence electrons. The topological polar surface area (TPSA) is 101 Å². The van der Waals surface area contributed by atoms with Crippen LogP contribution in [0.1, 0.15) is 27.6 Å². The maximum absolute atomic E-state index is 12.9. The van der Waals surface area contributed by atoms with E-state index < -0.39 is 28.4 Å². The van der Waals surface area contributed by atoms with Crippen molar-refractivity contribution in [3.8, 4) is 0 Å². The summed E-state index contributed by atoms with van der Waals surface area (Å²) in [6, 6.07) is 9.71. The van der Waals surface area contributed by atoms with Crippen molar-refractivity contribution >= 4 is 50.9 Å². The van der Waals surface area contributed by atoms with Gasteiger partial charge in [0.2, 0.25) is 15.9 Å². The number of amides is 1. The van der Waals surface area contributed by atoms with Crippen molar-refractivity contribution in [3.63, 3.8) is 0 Å². The van der Waals surface area contributed by atoms with Crippen LogP contribution < -0.4 is 0 Å². The summed E-state index contributed by atoms with van der Waals surface area (Å²) in [4.78, 5) is 37.6. The van der Waals surface area contributed by atoms with Gasteiger partial charge in [0.25, 0.3) is 0 Å². The second-order valence-corrected chi connectivity index (χ2v) is 9.82. The van der Waals surface area contributed by atoms with Gasteiger partial charge in [-0.05, 0) is 36.4 Å². The Bertz CT molecular complexity index is 1160. The zero-order chi connectivity index (χ0) is 23.5. The highest BCUT2D eigenvalue weighted by atomic mass is 35.5. The molecule has 1 amide bonds. The van der Waals surface area contributed by atoms with Crippen LogP contribution in [0.5, 0.6) is 0 Å². The van der Waals surface area contributed by atoms with Crippen molar-refractivity contribution < 1.29 is 27.5 Å². The Balaban J connectivity index is 1.67. The summed E-state index contributed by atoms with van der Waals surface area (Å²) in [5.41, 5.74) is 0.226. The van der Waals surface area contributed by atoms with Gasteiger partial charge >= 0.3 is 5.97 Å². The predicted octanol–water partition coefficient (Wildman–Crippen LogP) is 2.89. The molecule has 1 saturated heterocycles. The number of hydrogen-bond acceptors (Lipinski definition) is 6. The molecule has 32 heavy (non-hydrogen) atoms. The highest BCUT2D eigenvalue weighted by Crippen LogP contribution is 2.23. The van der Waals surface area contributed by atoms with E-state index >= 15 is 0 Å². The average Bonchev–Trinajstić information content (AvgIpc) is 2.79. The summed E-state index contributed by atoms with van der Waals surface area (Å²) < 4.78 is 32.2. The van der Waals surface area contributed by atoms with E-state index in [1.54, 1.807) is 4.90 Å². The Morgan fingerprint density at radius 1 is 0.938 bits per heavy atom. The first kappa shape index (κ1) is 24.2. The molecule has 0 aliphatic carbocycles. The first-order chi connectivity index (χ1) is 15.1. The zero-order valence-corrected chi connectivity index (χ0v) is 19.4. The van der Waals surface area contributed by atoms with E-state index in [9.17, 15) is 22.8 Å². The molecular formula is C21H20Cl2N2O6S. The standard InChI is InChI=1S/C21H20Cl2N2O6S/c1-14(26)24-7-9-25(10-8-24)32(29,30)17-4-2-3-16(11-17)21(28)31-13-20(27)15-5-6-18(22)19(23)12-15/h2-6,11-12H,7-10,13H2,1H3. The third kappa shape index (κ3) is 5.47. The zero-order valence-electron chi connectivity index (χ0n) is 17.1. The maximum atomic E-state index is 12.9. The molecule has 2 aromatic rings. The number of ketones is 1. The van der Waals surface area contributed by atoms with Crippen LogP contribution in [0.2, 0.25) is 10.0 Å². The van der Waals surface area contributed by atoms with Gasteiger partial charge in [-0.25, -0.2) is 13.2 Å². The summed E-state index contributed by atoms with van der Waals surface area (Å²) in [7, 11) is -3.86. The van der Waals surface area contributed by atoms with Gasteiger partial charge in [0.05, 0.1) is 20.5 Å². The van der Waals surface area contributed by atoms with Crippen LogP contribution in [0.15, 0.2) is 47.4 Å². The fourth-order valence-electron chi connectivity index (χ4n) is 3.14. The molecule has 0 saturated carbocycles. The van der Waals surface area contributed by atoms with Crippen LogP contribution in [0, 0.1) is 0 Å². The number of piperazine rings is 1. The largest absolute Gasteiger partial charge is 0.454 e. The second-order valence-electron chi connectivity index (χ2n) is 7.07. The normalized spacial score (nSPS) is 14.8. The summed E-state index contributed by atoms with van der Waals surface area (Å²) in [6.07, 6.45) is 0. The van der Waals surface area contributed by atoms with Crippen LogP contribution >= 0.6 is 23.2 Å². The van der Waals surface area contributed by atoms with Gasteiger partial charge in [0.15, 0.2) is 12.4 Å². The van der Waals surface area contributed by atoms with Gasteiger partial charge in [-0.15, -0.1) is 0 Å². The molecule has 0 unspecified atom stereocenters. The van der Waals surface area contributed by atoms with Crippen molar-refractivity contribution in [2.24, 2.45) is 0 Å². The summed E-state index contributed by atoms with van der Waals surface area (Å²) >= 11 is 11.7. The highest BCUT2D eigenvalue weighted by molar-refractivity contribution is 7.89. The molecule has 1 aliphatic heterocycles. The lowest BCUT2D eigenvalue weighted by Crippen LogP contribution is -2.49. The van der Waals surface area contributed by atoms with E-state index in [-0.39, 0.29) is 40.0 Å². The number of rotatable bonds is 6. The number of benzene rings is 2. The highest BCUT2D eigenvalue weighted by Gasteiger charge is 2.29. The van der Waals surface area contributed by atoms with Gasteiger partial charge in [0, 0.05) is 38.7 Å². The average molecular weight is 499 g/mol. The number of hydrogen-bond donors (Lipinski definition) is 0. The molecule has 11 heteroatoms. The minimum Gasteiger partial charge on any atom is -0.454 e. The van der Waals surface area contributed by atoms with Gasteiger partial charge < -0.3 is 9.64 Å². The number of carbonyl (C=O) groups excluding carboxylic acids is 3. The van der Waals surface area contributed by atoms with Gasteiger partial charge in [-0.2, -0.15) is 4.31 Å². The van der Waals surface area contributed by atoms with E-state index in [0.717, 1.165) is 0 Å². The number of nitrogens with zero attached hydrogens (tertiary/aromatic N) is 2. The maximum Gasteiger partial charge on any atom is 0.338 e. The van der Waals surface area contributed by atoms with Crippen LogP contribution in [0.25, 0.3) is 0 Å². The van der Waals surface area contributed by atoms with Crippen molar-refractivity contribution in [3.05, 3.63) is 63.6 Å². The fourth-order valence-corrected chi connectivity index (χ4v) is 4.91. The van der Waals surface area contributed by atoms with E-state index in [0.29, 0.717) is 18.1 Å². The van der Waals surface area contributed by atoms with E-state index in [1.807, 2.05) is 0 Å². The van der Waals surface area contributed by atoms with Crippen molar-refractivity contribution in [1.29, 1.82) is 0 Å². The van der Waals surface area contributed by atoms with Gasteiger partial charge in [-0.1, -0.05) is 29.3 Å². The number of Topliss-reactive ketones (excluding diaryl/α,β-unsaturated/α-hetero) is 1. The molecule has 0 aromatic heterocycles. The molecule has 1 heterocycles. The molecule has 0 spiro atoms. The minimum absolute atomic E-state index is 0.00427. The van der Waals surface area contributed by atoms with Crippen LogP contribution in [-0.4, -0.2) is 68.1 Å². The van der Waals surface area contributed by atoms with Crippen LogP contribution in [-0.2, 0) is 19.6 Å². The minimum atomic E-state index is -3.86. The van der Waals surface area contributed by atoms with Crippen LogP contribution in [0.3, 0.4) is 0 Å². The predicted molar refractivity (Wildman–Crippen MR) is 119 cm³/mol. The van der Waals surface area contributed by atoms with Gasteiger partial charge in [-0.3, -0.25) is 9.59 Å². The number of carbonyl (C=O) groups is 3. The van der Waals surface area contributed by atoms with Gasteiger partial charge in [0.1, 0.15) is 0 Å². The molecule has 3 rings (SSSR count). The number of esters is 1. The molecule has 8 nitrogen and oxygen atoms in total. The Morgan fingerprint density at radius 3 is 2.25 bits per heavy atom. The Morgan fingerprint density at radius 2 is 1.62 bits per heavy atom. The summed E-state index contributed by atoms with van der Waals surface area (Å²) in [6.45, 7) is 1.82. The molecule has 1 fully saturated rings. The Kier molecular flexibility index (Phi) is 7.55. The first-order valence-corrected chi connectivity index (χ1v) is 11.8. The van der Waals surface area contributed by atoms with E-state index in [2.05, 4.69) is 0 Å². The van der Waals surface area contributed by atoms with E-state index in [4.69, 9.17) is 27.9 Å². The monoisotopic (exact) mass is 498 g/mol. The quantitative estimate of drug-likeness (QED) is 0.448. The second kappa shape index (κ2) is 9.99. The van der Waals surface area contributed by atoms with Crippen molar-refractivity contribution in [2.75, 3.05) is 32.8 Å². The molecule has 1 aliphatic rings. The molecule has 2 aromatic carbocycles. The smallest absolute Gasteiger partial charge is 0.338 e. The molecule has 0 N–H and O–H groups in total. The van der Waals surface area contributed by atoms with E-state index in [1.165, 1.54) is 53.7 Å². The molecule has 0 atom stereocenters. The lowest BCUT2D eigenvalue weighted by Gasteiger charge is -2.33. The summed E-state index contributed by atoms with van der Waals surface area (Å²) in [5.74, 6) is -1.43. The lowest BCUT2D eigenvalue weighted by atomic mass is 10.1. The third-order valence-electron chi connectivity index (χ3n) is 4.97. The van der Waals surface area contributed by atoms with Crippen molar-refractivity contribution in [2.45, 2.75) is 11.8 Å². The van der Waals surface area contributed by atoms with Crippen molar-refractivity contribution in [1.82, 2.24) is 9.21 Å². The van der Waals surface area contributed by atoms with Crippen LogP contribution in [0.4, 0.5) is 0 Å². The first-order valence-electron chi connectivity index (χ1n) is 9.60. The SMILES string of the molecule is CC(=O)N1CCN(S(=O)(=O)c2cccc(C(=O)OCC(=O)c3ccc(Cl)c(Cl)c3)c2)CC1. The lowest BCUT2D eigenvalue weighted by molar-refractivity contribution is -0.129. The Hall–Kier alpha value is -2.46. The fraction of sp³-hybridized carbons (Fsp3) is 0.286. The number of sulfonamides is 1. The Labute approximate surface area is 195 Å². The molecule has 0 bridgehead atoms. The third-order valence-corrected chi connectivity index (χ3v) is 7.60. The number of ether oxygens (including phenoxy) is 1. The molecular weight excluding hydrogens is 479 g/mol. The summed E-state index contributed by atoms with van der Waals surface area (Å²) in [5, 5.41) is 0.492. The number of halogens is 2. The molecule has 0 radical (unpaired) electrons.